The molecule has 0 bridgehead atoms. The Balaban J connectivity index is 2.20. The predicted octanol–water partition coefficient (Wildman–Crippen LogP) is 5.76. The Hall–Kier alpha value is -2.31. The van der Waals surface area contributed by atoms with Gasteiger partial charge in [0.15, 0.2) is 0 Å². The summed E-state index contributed by atoms with van der Waals surface area (Å²) in [6, 6.07) is 7.69. The summed E-state index contributed by atoms with van der Waals surface area (Å²) in [5.74, 6) is -0.387. The zero-order valence-corrected chi connectivity index (χ0v) is 15.2. The molecule has 0 aliphatic carbocycles. The van der Waals surface area contributed by atoms with Crippen molar-refractivity contribution in [3.63, 3.8) is 0 Å². The molecule has 142 valence electrons. The van der Waals surface area contributed by atoms with Gasteiger partial charge in [0.25, 0.3) is 0 Å². The van der Waals surface area contributed by atoms with Gasteiger partial charge in [-0.15, -0.1) is 0 Å². The number of ether oxygens (including phenoxy) is 1. The average molecular weight is 367 g/mol. The molecule has 0 fully saturated rings. The number of unbranched alkanes of at least 4 members (excludes halogenated alkanes) is 1. The number of hydrogen-bond donors (Lipinski definition) is 1. The van der Waals surface area contributed by atoms with Gasteiger partial charge in [-0.2, -0.15) is 18.2 Å². The van der Waals surface area contributed by atoms with Gasteiger partial charge in [0, 0.05) is 11.9 Å². The minimum absolute atomic E-state index is 0.0672. The summed E-state index contributed by atoms with van der Waals surface area (Å²) in [6.45, 7) is 5.67. The van der Waals surface area contributed by atoms with Crippen LogP contribution in [0.3, 0.4) is 0 Å². The highest BCUT2D eigenvalue weighted by atomic mass is 19.4. The molecule has 0 amide bonds. The molecule has 0 spiro atoms. The summed E-state index contributed by atoms with van der Waals surface area (Å²) in [7, 11) is 0. The van der Waals surface area contributed by atoms with Crippen molar-refractivity contribution in [2.75, 3.05) is 5.32 Å². The van der Waals surface area contributed by atoms with E-state index < -0.39 is 17.6 Å². The monoisotopic (exact) mass is 367 g/mol. The van der Waals surface area contributed by atoms with Crippen molar-refractivity contribution in [2.45, 2.75) is 58.7 Å². The van der Waals surface area contributed by atoms with Crippen LogP contribution in [0.15, 0.2) is 30.5 Å². The second-order valence-corrected chi connectivity index (χ2v) is 6.17. The predicted molar refractivity (Wildman–Crippen MR) is 95.8 cm³/mol. The molecule has 1 heterocycles. The standard InChI is InChI=1S/C19H24F3N3O/c1-4-6-7-14-8-10-15(11-9-14)24-18-23-12-16(19(20,21)22)17(25-18)26-13(3)5-2/h8-13H,4-7H2,1-3H3,(H,23,24,25). The molecule has 0 aliphatic heterocycles. The Bertz CT molecular complexity index is 702. The van der Waals surface area contributed by atoms with Crippen LogP contribution in [-0.2, 0) is 12.6 Å². The molecule has 0 aliphatic rings. The quantitative estimate of drug-likeness (QED) is 0.644. The fraction of sp³-hybridized carbons (Fsp3) is 0.474. The van der Waals surface area contributed by atoms with Crippen molar-refractivity contribution in [1.82, 2.24) is 9.97 Å². The van der Waals surface area contributed by atoms with Crippen LogP contribution in [0.2, 0.25) is 0 Å². The van der Waals surface area contributed by atoms with Crippen LogP contribution in [0.1, 0.15) is 51.2 Å². The number of alkyl halides is 3. The number of hydrogen-bond acceptors (Lipinski definition) is 4. The highest BCUT2D eigenvalue weighted by Gasteiger charge is 2.36. The highest BCUT2D eigenvalue weighted by Crippen LogP contribution is 2.35. The van der Waals surface area contributed by atoms with Gasteiger partial charge in [-0.1, -0.05) is 32.4 Å². The summed E-state index contributed by atoms with van der Waals surface area (Å²) < 4.78 is 44.7. The fourth-order valence-electron chi connectivity index (χ4n) is 2.25. The Morgan fingerprint density at radius 1 is 1.15 bits per heavy atom. The van der Waals surface area contributed by atoms with E-state index in [0.29, 0.717) is 12.1 Å². The van der Waals surface area contributed by atoms with Crippen molar-refractivity contribution >= 4 is 11.6 Å². The number of benzene rings is 1. The number of nitrogens with one attached hydrogen (secondary N) is 1. The van der Waals surface area contributed by atoms with Gasteiger partial charge >= 0.3 is 6.18 Å². The van der Waals surface area contributed by atoms with Gasteiger partial charge in [0.05, 0.1) is 6.10 Å². The van der Waals surface area contributed by atoms with Crippen molar-refractivity contribution in [3.8, 4) is 5.88 Å². The van der Waals surface area contributed by atoms with E-state index in [0.717, 1.165) is 25.5 Å². The maximum absolute atomic E-state index is 13.1. The first kappa shape index (κ1) is 20.0. The van der Waals surface area contributed by atoms with Crippen LogP contribution in [0, 0.1) is 0 Å². The topological polar surface area (TPSA) is 47.0 Å². The normalized spacial score (nSPS) is 12.7. The van der Waals surface area contributed by atoms with E-state index in [9.17, 15) is 13.2 Å². The van der Waals surface area contributed by atoms with Gasteiger partial charge in [-0.3, -0.25) is 0 Å². The Kier molecular flexibility index (Phi) is 6.83. The Morgan fingerprint density at radius 2 is 1.85 bits per heavy atom. The molecule has 1 N–H and O–H groups in total. The molecule has 0 saturated carbocycles. The lowest BCUT2D eigenvalue weighted by Crippen LogP contribution is -2.17. The third-order valence-electron chi connectivity index (χ3n) is 3.98. The van der Waals surface area contributed by atoms with Crippen LogP contribution in [-0.4, -0.2) is 16.1 Å². The van der Waals surface area contributed by atoms with Gasteiger partial charge in [0.1, 0.15) is 5.56 Å². The smallest absolute Gasteiger partial charge is 0.423 e. The minimum Gasteiger partial charge on any atom is -0.474 e. The molecular weight excluding hydrogens is 343 g/mol. The van der Waals surface area contributed by atoms with Crippen molar-refractivity contribution in [3.05, 3.63) is 41.6 Å². The number of halogens is 3. The van der Waals surface area contributed by atoms with Gasteiger partial charge in [-0.25, -0.2) is 4.98 Å². The molecule has 1 aromatic heterocycles. The summed E-state index contributed by atoms with van der Waals surface area (Å²) >= 11 is 0. The molecule has 0 saturated heterocycles. The van der Waals surface area contributed by atoms with Gasteiger partial charge in [-0.05, 0) is 43.9 Å². The summed E-state index contributed by atoms with van der Waals surface area (Å²) in [5.41, 5.74) is 0.948. The SMILES string of the molecule is CCCCc1ccc(Nc2ncc(C(F)(F)F)c(OC(C)CC)n2)cc1. The van der Waals surface area contributed by atoms with E-state index in [1.165, 1.54) is 5.56 Å². The molecule has 1 atom stereocenters. The summed E-state index contributed by atoms with van der Waals surface area (Å²) in [6.07, 6.45) is -0.380. The van der Waals surface area contributed by atoms with Crippen LogP contribution in [0.4, 0.5) is 24.8 Å². The number of aryl methyl sites for hydroxylation is 1. The fourth-order valence-corrected chi connectivity index (χ4v) is 2.25. The molecule has 2 aromatic rings. The third kappa shape index (κ3) is 5.61. The van der Waals surface area contributed by atoms with Crippen LogP contribution in [0.5, 0.6) is 5.88 Å². The van der Waals surface area contributed by atoms with Crippen molar-refractivity contribution < 1.29 is 17.9 Å². The third-order valence-corrected chi connectivity index (χ3v) is 3.98. The molecule has 4 nitrogen and oxygen atoms in total. The molecule has 1 unspecified atom stereocenters. The van der Waals surface area contributed by atoms with E-state index >= 15 is 0 Å². The largest absolute Gasteiger partial charge is 0.474 e. The first-order valence-corrected chi connectivity index (χ1v) is 8.80. The lowest BCUT2D eigenvalue weighted by molar-refractivity contribution is -0.139. The maximum atomic E-state index is 13.1. The molecule has 7 heteroatoms. The maximum Gasteiger partial charge on any atom is 0.423 e. The Morgan fingerprint density at radius 3 is 2.42 bits per heavy atom. The second-order valence-electron chi connectivity index (χ2n) is 6.17. The van der Waals surface area contributed by atoms with Crippen molar-refractivity contribution in [2.24, 2.45) is 0 Å². The molecule has 0 radical (unpaired) electrons. The van der Waals surface area contributed by atoms with Gasteiger partial charge < -0.3 is 10.1 Å². The molecule has 26 heavy (non-hydrogen) atoms. The molecule has 2 rings (SSSR count). The number of anilines is 2. The lowest BCUT2D eigenvalue weighted by Gasteiger charge is -2.17. The van der Waals surface area contributed by atoms with E-state index in [2.05, 4.69) is 22.2 Å². The number of rotatable bonds is 8. The summed E-state index contributed by atoms with van der Waals surface area (Å²) in [4.78, 5) is 7.71. The summed E-state index contributed by atoms with van der Waals surface area (Å²) in [5, 5.41) is 2.93. The zero-order chi connectivity index (χ0) is 19.2. The van der Waals surface area contributed by atoms with Crippen LogP contribution in [0.25, 0.3) is 0 Å². The zero-order valence-electron chi connectivity index (χ0n) is 15.2. The van der Waals surface area contributed by atoms with Gasteiger partial charge in [0.2, 0.25) is 11.8 Å². The Labute approximate surface area is 151 Å². The van der Waals surface area contributed by atoms with Crippen LogP contribution >= 0.6 is 0 Å². The number of nitrogens with zero attached hydrogens (tertiary/aromatic N) is 2. The second kappa shape index (κ2) is 8.87. The van der Waals surface area contributed by atoms with E-state index in [4.69, 9.17) is 4.74 Å². The minimum atomic E-state index is -4.57. The van der Waals surface area contributed by atoms with Crippen molar-refractivity contribution in [1.29, 1.82) is 0 Å². The molecule has 1 aromatic carbocycles. The average Bonchev–Trinajstić information content (AvgIpc) is 2.60. The number of aromatic nitrogens is 2. The first-order valence-electron chi connectivity index (χ1n) is 8.80. The lowest BCUT2D eigenvalue weighted by atomic mass is 10.1. The first-order chi connectivity index (χ1) is 12.3. The van der Waals surface area contributed by atoms with E-state index in [-0.39, 0.29) is 12.1 Å². The van der Waals surface area contributed by atoms with E-state index in [1.54, 1.807) is 6.92 Å². The molecular formula is C19H24F3N3O. The van der Waals surface area contributed by atoms with Crippen LogP contribution < -0.4 is 10.1 Å². The van der Waals surface area contributed by atoms with E-state index in [1.807, 2.05) is 31.2 Å². The highest BCUT2D eigenvalue weighted by molar-refractivity contribution is 5.54.